The molecule has 2 rings (SSSR count). The van der Waals surface area contributed by atoms with Crippen molar-refractivity contribution in [1.29, 1.82) is 0 Å². The molecule has 0 saturated carbocycles. The highest BCUT2D eigenvalue weighted by molar-refractivity contribution is 9.10. The lowest BCUT2D eigenvalue weighted by Crippen LogP contribution is -2.39. The summed E-state index contributed by atoms with van der Waals surface area (Å²) in [4.78, 5) is 14.6. The van der Waals surface area contributed by atoms with Gasteiger partial charge in [-0.1, -0.05) is 0 Å². The molecular formula is C13H21BrN4OS. The number of carbonyl (C=O) groups excluding carboxylic acids is 1. The zero-order valence-corrected chi connectivity index (χ0v) is 14.3. The van der Waals surface area contributed by atoms with Crippen LogP contribution in [0.25, 0.3) is 0 Å². The first-order valence-corrected chi connectivity index (χ1v) is 8.73. The molecule has 1 aliphatic heterocycles. The van der Waals surface area contributed by atoms with E-state index in [1.165, 1.54) is 0 Å². The van der Waals surface area contributed by atoms with Crippen LogP contribution in [0.15, 0.2) is 10.7 Å². The van der Waals surface area contributed by atoms with Gasteiger partial charge in [-0.05, 0) is 30.0 Å². The monoisotopic (exact) mass is 360 g/mol. The highest BCUT2D eigenvalue weighted by Gasteiger charge is 2.22. The number of thioether (sulfide) groups is 1. The summed E-state index contributed by atoms with van der Waals surface area (Å²) in [6.45, 7) is 2.59. The molecule has 1 aliphatic rings. The Kier molecular flexibility index (Phi) is 6.07. The van der Waals surface area contributed by atoms with Crippen molar-refractivity contribution in [2.75, 3.05) is 38.7 Å². The van der Waals surface area contributed by atoms with E-state index in [2.05, 4.69) is 31.2 Å². The summed E-state index contributed by atoms with van der Waals surface area (Å²) in [6, 6.07) is 0.283. The fraction of sp³-hybridized carbons (Fsp3) is 0.692. The second-order valence-corrected chi connectivity index (χ2v) is 7.22. The van der Waals surface area contributed by atoms with E-state index in [-0.39, 0.29) is 11.8 Å². The first kappa shape index (κ1) is 16.0. The minimum absolute atomic E-state index is 0.160. The number of halogens is 1. The number of hydrogen-bond acceptors (Lipinski definition) is 5. The van der Waals surface area contributed by atoms with Crippen molar-refractivity contribution >= 4 is 33.5 Å². The highest BCUT2D eigenvalue weighted by atomic mass is 79.9. The lowest BCUT2D eigenvalue weighted by Gasteiger charge is -2.22. The van der Waals surface area contributed by atoms with Crippen molar-refractivity contribution in [3.63, 3.8) is 0 Å². The van der Waals surface area contributed by atoms with Crippen LogP contribution in [0.5, 0.6) is 0 Å². The topological polar surface area (TPSA) is 50.2 Å². The van der Waals surface area contributed by atoms with E-state index < -0.39 is 0 Å². The minimum Gasteiger partial charge on any atom is -0.312 e. The van der Waals surface area contributed by atoms with Gasteiger partial charge in [0.2, 0.25) is 0 Å². The predicted octanol–water partition coefficient (Wildman–Crippen LogP) is 1.48. The second kappa shape index (κ2) is 7.59. The number of carbonyl (C=O) groups is 1. The van der Waals surface area contributed by atoms with E-state index in [0.29, 0.717) is 12.1 Å². The molecular weight excluding hydrogens is 340 g/mol. The summed E-state index contributed by atoms with van der Waals surface area (Å²) < 4.78 is 2.60. The van der Waals surface area contributed by atoms with Crippen LogP contribution >= 0.6 is 27.7 Å². The van der Waals surface area contributed by atoms with E-state index in [1.54, 1.807) is 6.20 Å². The van der Waals surface area contributed by atoms with Gasteiger partial charge in [0.1, 0.15) is 5.69 Å². The second-order valence-electron chi connectivity index (χ2n) is 5.22. The molecule has 1 aromatic rings. The SMILES string of the molecule is CN(C)CCn1ncc(Br)c1C(=O)CC1CSCCN1. The van der Waals surface area contributed by atoms with Crippen molar-refractivity contribution in [2.24, 2.45) is 0 Å². The van der Waals surface area contributed by atoms with E-state index >= 15 is 0 Å². The lowest BCUT2D eigenvalue weighted by molar-refractivity contribution is 0.0960. The Bertz CT molecular complexity index is 457. The molecule has 112 valence electrons. The summed E-state index contributed by atoms with van der Waals surface area (Å²) >= 11 is 5.36. The molecule has 1 unspecified atom stereocenters. The normalized spacial score (nSPS) is 19.5. The molecule has 0 aromatic carbocycles. The third-order valence-corrected chi connectivity index (χ3v) is 4.96. The first-order valence-electron chi connectivity index (χ1n) is 6.78. The molecule has 1 aromatic heterocycles. The average molecular weight is 361 g/mol. The van der Waals surface area contributed by atoms with Gasteiger partial charge in [0.05, 0.1) is 17.2 Å². The summed E-state index contributed by atoms with van der Waals surface area (Å²) in [6.07, 6.45) is 2.26. The van der Waals surface area contributed by atoms with Crippen LogP contribution in [0.3, 0.4) is 0 Å². The molecule has 20 heavy (non-hydrogen) atoms. The van der Waals surface area contributed by atoms with Crippen LogP contribution in [0, 0.1) is 0 Å². The van der Waals surface area contributed by atoms with Crippen LogP contribution in [0.1, 0.15) is 16.9 Å². The van der Waals surface area contributed by atoms with E-state index in [4.69, 9.17) is 0 Å². The number of nitrogens with zero attached hydrogens (tertiary/aromatic N) is 3. The molecule has 0 bridgehead atoms. The van der Waals surface area contributed by atoms with Gasteiger partial charge in [0.25, 0.3) is 0 Å². The minimum atomic E-state index is 0.160. The molecule has 7 heteroatoms. The predicted molar refractivity (Wildman–Crippen MR) is 86.5 cm³/mol. The maximum atomic E-state index is 12.5. The fourth-order valence-electron chi connectivity index (χ4n) is 2.18. The van der Waals surface area contributed by atoms with Gasteiger partial charge in [0.15, 0.2) is 5.78 Å². The molecule has 1 saturated heterocycles. The number of aromatic nitrogens is 2. The fourth-order valence-corrected chi connectivity index (χ4v) is 3.64. The van der Waals surface area contributed by atoms with Crippen LogP contribution < -0.4 is 5.32 Å². The van der Waals surface area contributed by atoms with E-state index in [0.717, 1.165) is 35.6 Å². The molecule has 0 amide bonds. The summed E-state index contributed by atoms with van der Waals surface area (Å²) in [5, 5.41) is 7.70. The van der Waals surface area contributed by atoms with Gasteiger partial charge in [-0.2, -0.15) is 16.9 Å². The van der Waals surface area contributed by atoms with Crippen molar-refractivity contribution < 1.29 is 4.79 Å². The molecule has 0 radical (unpaired) electrons. The summed E-state index contributed by atoms with van der Waals surface area (Å²) in [5.41, 5.74) is 0.698. The number of rotatable bonds is 6. The molecule has 1 fully saturated rings. The average Bonchev–Trinajstić information content (AvgIpc) is 2.78. The molecule has 0 spiro atoms. The quantitative estimate of drug-likeness (QED) is 0.778. The molecule has 0 aliphatic carbocycles. The van der Waals surface area contributed by atoms with Gasteiger partial charge < -0.3 is 10.2 Å². The van der Waals surface area contributed by atoms with Gasteiger partial charge in [-0.3, -0.25) is 9.48 Å². The van der Waals surface area contributed by atoms with Crippen molar-refractivity contribution in [1.82, 2.24) is 20.0 Å². The van der Waals surface area contributed by atoms with Gasteiger partial charge in [-0.25, -0.2) is 0 Å². The van der Waals surface area contributed by atoms with Crippen LogP contribution in [0.4, 0.5) is 0 Å². The molecule has 1 atom stereocenters. The number of Topliss-reactive ketones (excluding diaryl/α,β-unsaturated/α-hetero) is 1. The Morgan fingerprint density at radius 2 is 2.45 bits per heavy atom. The highest BCUT2D eigenvalue weighted by Crippen LogP contribution is 2.20. The largest absolute Gasteiger partial charge is 0.312 e. The van der Waals surface area contributed by atoms with Gasteiger partial charge in [-0.15, -0.1) is 0 Å². The zero-order chi connectivity index (χ0) is 14.5. The number of likely N-dealkylation sites (N-methyl/N-ethyl adjacent to an activating group) is 1. The molecule has 1 N–H and O–H groups in total. The van der Waals surface area contributed by atoms with Crippen molar-refractivity contribution in [2.45, 2.75) is 19.0 Å². The molecule has 2 heterocycles. The Morgan fingerprint density at radius 3 is 3.10 bits per heavy atom. The van der Waals surface area contributed by atoms with Gasteiger partial charge >= 0.3 is 0 Å². The lowest BCUT2D eigenvalue weighted by atomic mass is 10.1. The van der Waals surface area contributed by atoms with Crippen molar-refractivity contribution in [3.8, 4) is 0 Å². The van der Waals surface area contributed by atoms with Crippen molar-refractivity contribution in [3.05, 3.63) is 16.4 Å². The maximum Gasteiger partial charge on any atom is 0.183 e. The Morgan fingerprint density at radius 1 is 1.65 bits per heavy atom. The van der Waals surface area contributed by atoms with E-state index in [1.807, 2.05) is 30.5 Å². The number of nitrogens with one attached hydrogen (secondary N) is 1. The van der Waals surface area contributed by atoms with Crippen LogP contribution in [-0.4, -0.2) is 65.2 Å². The van der Waals surface area contributed by atoms with E-state index in [9.17, 15) is 4.79 Å². The maximum absolute atomic E-state index is 12.5. The Labute approximate surface area is 132 Å². The Hall–Kier alpha value is -0.370. The zero-order valence-electron chi connectivity index (χ0n) is 11.9. The first-order chi connectivity index (χ1) is 9.58. The molecule has 5 nitrogen and oxygen atoms in total. The number of hydrogen-bond donors (Lipinski definition) is 1. The summed E-state index contributed by atoms with van der Waals surface area (Å²) in [7, 11) is 4.03. The summed E-state index contributed by atoms with van der Waals surface area (Å²) in [5.74, 6) is 2.30. The third-order valence-electron chi connectivity index (χ3n) is 3.25. The van der Waals surface area contributed by atoms with Crippen LogP contribution in [0.2, 0.25) is 0 Å². The number of ketones is 1. The Balaban J connectivity index is 2.02. The smallest absolute Gasteiger partial charge is 0.183 e. The van der Waals surface area contributed by atoms with Crippen LogP contribution in [-0.2, 0) is 6.54 Å². The third kappa shape index (κ3) is 4.31. The standard InChI is InChI=1S/C13H21BrN4OS/c1-17(2)4-5-18-13(11(14)8-16-18)12(19)7-10-9-20-6-3-15-10/h8,10,15H,3-7,9H2,1-2H3. The van der Waals surface area contributed by atoms with Gasteiger partial charge in [0, 0.05) is 37.1 Å².